The quantitative estimate of drug-likeness (QED) is 0.581. The van der Waals surface area contributed by atoms with Gasteiger partial charge in [-0.3, -0.25) is 0 Å². The Morgan fingerprint density at radius 2 is 1.74 bits per heavy atom. The number of hydrogen-bond donors (Lipinski definition) is 0. The van der Waals surface area contributed by atoms with Gasteiger partial charge in [-0.1, -0.05) is 0 Å². The Bertz CT molecular complexity index is 371. The third-order valence-corrected chi connectivity index (χ3v) is 3.53. The Balaban J connectivity index is 1.68. The molecule has 2 aliphatic rings. The molecule has 5 nitrogen and oxygen atoms in total. The van der Waals surface area contributed by atoms with Crippen molar-refractivity contribution in [1.82, 2.24) is 0 Å². The summed E-state index contributed by atoms with van der Waals surface area (Å²) in [7, 11) is 0. The topological polar surface area (TPSA) is 60.6 Å². The van der Waals surface area contributed by atoms with E-state index in [0.717, 1.165) is 6.42 Å². The summed E-state index contributed by atoms with van der Waals surface area (Å²) in [6, 6.07) is 0. The summed E-state index contributed by atoms with van der Waals surface area (Å²) in [4.78, 5) is 11.4. The molecule has 0 amide bonds. The maximum absolute atomic E-state index is 11.4. The van der Waals surface area contributed by atoms with Crippen molar-refractivity contribution in [3.8, 4) is 0 Å². The highest BCUT2D eigenvalue weighted by Gasteiger charge is 2.60. The first kappa shape index (κ1) is 14.6. The standard InChI is InChI=1S/C14H24O5/c1-12(2,3)19-11(15)16-8-10-14(6,18-10)7-9-13(4,5)17-9/h9-10H,7-8H2,1-6H3/t9-,10-,14-/m1/s1. The lowest BCUT2D eigenvalue weighted by Gasteiger charge is -2.18. The largest absolute Gasteiger partial charge is 0.508 e. The molecule has 5 heteroatoms. The Morgan fingerprint density at radius 1 is 1.16 bits per heavy atom. The monoisotopic (exact) mass is 272 g/mol. The molecule has 2 aliphatic heterocycles. The van der Waals surface area contributed by atoms with Crippen LogP contribution in [0.4, 0.5) is 4.79 Å². The van der Waals surface area contributed by atoms with Crippen molar-refractivity contribution < 1.29 is 23.7 Å². The van der Waals surface area contributed by atoms with Crippen LogP contribution in [0, 0.1) is 0 Å². The summed E-state index contributed by atoms with van der Waals surface area (Å²) in [6.07, 6.45) is 0.375. The maximum atomic E-state index is 11.4. The van der Waals surface area contributed by atoms with Gasteiger partial charge in [-0.05, 0) is 41.5 Å². The summed E-state index contributed by atoms with van der Waals surface area (Å²) in [6.45, 7) is 11.8. The van der Waals surface area contributed by atoms with Crippen LogP contribution in [-0.2, 0) is 18.9 Å². The van der Waals surface area contributed by atoms with E-state index in [1.165, 1.54) is 0 Å². The zero-order chi connectivity index (χ0) is 14.5. The van der Waals surface area contributed by atoms with E-state index >= 15 is 0 Å². The minimum Gasteiger partial charge on any atom is -0.431 e. The number of ether oxygens (including phenoxy) is 4. The van der Waals surface area contributed by atoms with Gasteiger partial charge in [0.15, 0.2) is 0 Å². The molecule has 2 fully saturated rings. The van der Waals surface area contributed by atoms with Gasteiger partial charge in [0, 0.05) is 6.42 Å². The van der Waals surface area contributed by atoms with Gasteiger partial charge >= 0.3 is 6.16 Å². The van der Waals surface area contributed by atoms with Crippen molar-refractivity contribution in [2.75, 3.05) is 6.61 Å². The number of rotatable bonds is 4. The van der Waals surface area contributed by atoms with E-state index in [1.807, 2.05) is 6.92 Å². The SMILES string of the molecule is CC(C)(C)OC(=O)OC[C@H]1O[C@]1(C)C[C@H]1OC1(C)C. The zero-order valence-electron chi connectivity index (χ0n) is 12.6. The lowest BCUT2D eigenvalue weighted by atomic mass is 9.97. The fraction of sp³-hybridized carbons (Fsp3) is 0.929. The molecule has 0 aromatic heterocycles. The summed E-state index contributed by atoms with van der Waals surface area (Å²) in [5, 5.41) is 0. The molecule has 0 aromatic carbocycles. The summed E-state index contributed by atoms with van der Waals surface area (Å²) in [5.74, 6) is 0. The van der Waals surface area contributed by atoms with E-state index in [0.29, 0.717) is 0 Å². The fourth-order valence-electron chi connectivity index (χ4n) is 2.09. The Hall–Kier alpha value is -0.810. The molecular formula is C14H24O5. The van der Waals surface area contributed by atoms with Gasteiger partial charge in [0.2, 0.25) is 0 Å². The van der Waals surface area contributed by atoms with Crippen LogP contribution in [-0.4, -0.2) is 41.8 Å². The molecule has 0 N–H and O–H groups in total. The Kier molecular flexibility index (Phi) is 3.34. The predicted molar refractivity (Wildman–Crippen MR) is 69.0 cm³/mol. The Morgan fingerprint density at radius 3 is 2.21 bits per heavy atom. The van der Waals surface area contributed by atoms with Crippen LogP contribution < -0.4 is 0 Å². The molecule has 110 valence electrons. The molecule has 19 heavy (non-hydrogen) atoms. The molecule has 0 aromatic rings. The van der Waals surface area contributed by atoms with Crippen molar-refractivity contribution >= 4 is 6.16 Å². The second kappa shape index (κ2) is 4.35. The molecule has 0 aliphatic carbocycles. The van der Waals surface area contributed by atoms with E-state index in [4.69, 9.17) is 18.9 Å². The smallest absolute Gasteiger partial charge is 0.431 e. The average Bonchev–Trinajstić information content (AvgIpc) is 2.99. The van der Waals surface area contributed by atoms with Crippen LogP contribution in [0.3, 0.4) is 0 Å². The minimum absolute atomic E-state index is 0.0362. The first-order valence-corrected chi connectivity index (χ1v) is 6.73. The second-order valence-corrected chi connectivity index (χ2v) is 7.11. The summed E-state index contributed by atoms with van der Waals surface area (Å²) >= 11 is 0. The lowest BCUT2D eigenvalue weighted by molar-refractivity contribution is -0.00948. The first-order valence-electron chi connectivity index (χ1n) is 6.73. The molecule has 2 heterocycles. The van der Waals surface area contributed by atoms with Crippen LogP contribution in [0.1, 0.15) is 48.0 Å². The van der Waals surface area contributed by atoms with Crippen LogP contribution in [0.25, 0.3) is 0 Å². The van der Waals surface area contributed by atoms with Crippen molar-refractivity contribution in [1.29, 1.82) is 0 Å². The maximum Gasteiger partial charge on any atom is 0.508 e. The predicted octanol–water partition coefficient (Wildman–Crippen LogP) is 2.66. The lowest BCUT2D eigenvalue weighted by Crippen LogP contribution is -2.26. The molecule has 2 rings (SSSR count). The molecule has 0 spiro atoms. The summed E-state index contributed by atoms with van der Waals surface area (Å²) in [5.41, 5.74) is -0.803. The number of carbonyl (C=O) groups is 1. The highest BCUT2D eigenvalue weighted by atomic mass is 16.7. The number of carbonyl (C=O) groups excluding carboxylic acids is 1. The van der Waals surface area contributed by atoms with Crippen LogP contribution in [0.5, 0.6) is 0 Å². The normalized spacial score (nSPS) is 35.7. The van der Waals surface area contributed by atoms with Crippen LogP contribution in [0.15, 0.2) is 0 Å². The second-order valence-electron chi connectivity index (χ2n) is 7.11. The molecular weight excluding hydrogens is 248 g/mol. The van der Waals surface area contributed by atoms with Gasteiger partial charge in [0.05, 0.1) is 17.3 Å². The van der Waals surface area contributed by atoms with Crippen molar-refractivity contribution in [3.63, 3.8) is 0 Å². The van der Waals surface area contributed by atoms with Gasteiger partial charge in [-0.25, -0.2) is 4.79 Å². The third kappa shape index (κ3) is 3.83. The van der Waals surface area contributed by atoms with Crippen LogP contribution in [0.2, 0.25) is 0 Å². The van der Waals surface area contributed by atoms with E-state index in [9.17, 15) is 4.79 Å². The molecule has 3 atom stereocenters. The molecule has 0 unspecified atom stereocenters. The molecule has 0 bridgehead atoms. The van der Waals surface area contributed by atoms with Gasteiger partial charge in [0.1, 0.15) is 18.3 Å². The summed E-state index contributed by atoms with van der Waals surface area (Å²) < 4.78 is 21.3. The highest BCUT2D eigenvalue weighted by molar-refractivity contribution is 5.60. The van der Waals surface area contributed by atoms with E-state index in [-0.39, 0.29) is 30.0 Å². The van der Waals surface area contributed by atoms with E-state index in [1.54, 1.807) is 20.8 Å². The number of hydrogen-bond acceptors (Lipinski definition) is 5. The average molecular weight is 272 g/mol. The number of epoxide rings is 2. The van der Waals surface area contributed by atoms with Gasteiger partial charge in [0.25, 0.3) is 0 Å². The van der Waals surface area contributed by atoms with Gasteiger partial charge < -0.3 is 18.9 Å². The van der Waals surface area contributed by atoms with Crippen molar-refractivity contribution in [2.45, 2.75) is 77.0 Å². The molecule has 0 saturated carbocycles. The Labute approximate surface area is 114 Å². The molecule has 0 radical (unpaired) electrons. The minimum atomic E-state index is -0.645. The van der Waals surface area contributed by atoms with E-state index in [2.05, 4.69) is 13.8 Å². The van der Waals surface area contributed by atoms with Crippen LogP contribution >= 0.6 is 0 Å². The fourth-order valence-corrected chi connectivity index (χ4v) is 2.09. The van der Waals surface area contributed by atoms with Crippen molar-refractivity contribution in [3.05, 3.63) is 0 Å². The first-order chi connectivity index (χ1) is 8.52. The van der Waals surface area contributed by atoms with Gasteiger partial charge in [-0.2, -0.15) is 0 Å². The van der Waals surface area contributed by atoms with E-state index < -0.39 is 11.8 Å². The van der Waals surface area contributed by atoms with Crippen molar-refractivity contribution in [2.24, 2.45) is 0 Å². The zero-order valence-corrected chi connectivity index (χ0v) is 12.6. The third-order valence-electron chi connectivity index (χ3n) is 3.53. The van der Waals surface area contributed by atoms with Gasteiger partial charge in [-0.15, -0.1) is 0 Å². The highest BCUT2D eigenvalue weighted by Crippen LogP contribution is 2.48. The molecule has 2 saturated heterocycles.